The van der Waals surface area contributed by atoms with Gasteiger partial charge in [-0.3, -0.25) is 4.79 Å². The van der Waals surface area contributed by atoms with Crippen molar-refractivity contribution < 1.29 is 9.18 Å². The first-order chi connectivity index (χ1) is 10.2. The maximum Gasteiger partial charge on any atom is 0.227 e. The maximum atomic E-state index is 13.6. The van der Waals surface area contributed by atoms with Crippen LogP contribution in [-0.2, 0) is 11.2 Å². The van der Waals surface area contributed by atoms with Gasteiger partial charge in [0.25, 0.3) is 0 Å². The minimum atomic E-state index is -0.301. The fourth-order valence-electron chi connectivity index (χ4n) is 2.90. The lowest BCUT2D eigenvalue weighted by Crippen LogP contribution is -2.30. The molecule has 2 nitrogen and oxygen atoms in total. The Kier molecular flexibility index (Phi) is 4.00. The zero-order valence-electron chi connectivity index (χ0n) is 11.8. The molecule has 1 atom stereocenters. The minimum Gasteiger partial charge on any atom is -0.342 e. The van der Waals surface area contributed by atoms with Crippen LogP contribution in [0.25, 0.3) is 0 Å². The third kappa shape index (κ3) is 3.13. The Morgan fingerprint density at radius 1 is 1.10 bits per heavy atom. The minimum absolute atomic E-state index is 0.0125. The number of likely N-dealkylation sites (tertiary alicyclic amines) is 1. The summed E-state index contributed by atoms with van der Waals surface area (Å²) in [4.78, 5) is 14.2. The highest BCUT2D eigenvalue weighted by atomic mass is 19.1. The molecule has 1 amide bonds. The molecule has 108 valence electrons. The third-order valence-electron chi connectivity index (χ3n) is 4.11. The molecule has 3 rings (SSSR count). The van der Waals surface area contributed by atoms with Gasteiger partial charge >= 0.3 is 0 Å². The average Bonchev–Trinajstić information content (AvgIpc) is 3.00. The van der Waals surface area contributed by atoms with Crippen molar-refractivity contribution in [3.8, 4) is 0 Å². The summed E-state index contributed by atoms with van der Waals surface area (Å²) >= 11 is 0. The van der Waals surface area contributed by atoms with Gasteiger partial charge in [0.15, 0.2) is 0 Å². The van der Waals surface area contributed by atoms with Crippen molar-refractivity contribution in [2.24, 2.45) is 0 Å². The quantitative estimate of drug-likeness (QED) is 0.845. The number of hydrogen-bond acceptors (Lipinski definition) is 1. The number of carbonyl (C=O) groups excluding carboxylic acids is 1. The molecule has 1 aliphatic rings. The fourth-order valence-corrected chi connectivity index (χ4v) is 2.90. The Morgan fingerprint density at radius 3 is 2.57 bits per heavy atom. The summed E-state index contributed by atoms with van der Waals surface area (Å²) in [6, 6.07) is 16.8. The molecule has 0 unspecified atom stereocenters. The molecule has 1 heterocycles. The van der Waals surface area contributed by atoms with Gasteiger partial charge in [0, 0.05) is 19.0 Å². The van der Waals surface area contributed by atoms with Gasteiger partial charge in [-0.15, -0.1) is 0 Å². The van der Waals surface area contributed by atoms with E-state index >= 15 is 0 Å². The molecule has 3 heteroatoms. The molecular formula is C18H18FNO. The largest absolute Gasteiger partial charge is 0.342 e. The Labute approximate surface area is 124 Å². The molecule has 0 bridgehead atoms. The third-order valence-corrected chi connectivity index (χ3v) is 4.11. The van der Waals surface area contributed by atoms with Gasteiger partial charge in [0.2, 0.25) is 5.91 Å². The molecule has 0 N–H and O–H groups in total. The Hall–Kier alpha value is -2.16. The average molecular weight is 283 g/mol. The first-order valence-electron chi connectivity index (χ1n) is 7.30. The molecule has 0 radical (unpaired) electrons. The second-order valence-corrected chi connectivity index (χ2v) is 5.50. The van der Waals surface area contributed by atoms with E-state index in [2.05, 4.69) is 12.1 Å². The number of carbonyl (C=O) groups is 1. The van der Waals surface area contributed by atoms with Crippen LogP contribution in [0.5, 0.6) is 0 Å². The van der Waals surface area contributed by atoms with E-state index in [4.69, 9.17) is 0 Å². The topological polar surface area (TPSA) is 20.3 Å². The van der Waals surface area contributed by atoms with Crippen molar-refractivity contribution in [3.05, 3.63) is 71.5 Å². The van der Waals surface area contributed by atoms with Gasteiger partial charge in [-0.1, -0.05) is 48.5 Å². The van der Waals surface area contributed by atoms with Crippen LogP contribution < -0.4 is 0 Å². The second kappa shape index (κ2) is 6.08. The van der Waals surface area contributed by atoms with E-state index in [1.165, 1.54) is 11.6 Å². The van der Waals surface area contributed by atoms with Crippen LogP contribution in [-0.4, -0.2) is 23.9 Å². The molecule has 2 aromatic rings. The van der Waals surface area contributed by atoms with E-state index < -0.39 is 0 Å². The van der Waals surface area contributed by atoms with Crippen molar-refractivity contribution in [2.45, 2.75) is 18.8 Å². The highest BCUT2D eigenvalue weighted by molar-refractivity contribution is 5.79. The highest BCUT2D eigenvalue weighted by Crippen LogP contribution is 2.27. The molecule has 0 aliphatic carbocycles. The number of nitrogens with zero attached hydrogens (tertiary/aromatic N) is 1. The lowest BCUT2D eigenvalue weighted by molar-refractivity contribution is -0.129. The number of hydrogen-bond donors (Lipinski definition) is 0. The smallest absolute Gasteiger partial charge is 0.227 e. The molecule has 0 spiro atoms. The van der Waals surface area contributed by atoms with Crippen molar-refractivity contribution in [1.29, 1.82) is 0 Å². The number of benzene rings is 2. The molecule has 1 aliphatic heterocycles. The van der Waals surface area contributed by atoms with E-state index in [-0.39, 0.29) is 18.1 Å². The molecule has 2 aromatic carbocycles. The molecular weight excluding hydrogens is 265 g/mol. The predicted molar refractivity (Wildman–Crippen MR) is 80.5 cm³/mol. The highest BCUT2D eigenvalue weighted by Gasteiger charge is 2.27. The lowest BCUT2D eigenvalue weighted by atomic mass is 9.99. The molecule has 21 heavy (non-hydrogen) atoms. The van der Waals surface area contributed by atoms with Gasteiger partial charge in [0.05, 0.1) is 6.42 Å². The normalized spacial score (nSPS) is 18.0. The van der Waals surface area contributed by atoms with Crippen molar-refractivity contribution in [1.82, 2.24) is 4.90 Å². The van der Waals surface area contributed by atoms with E-state index in [0.29, 0.717) is 11.5 Å². The second-order valence-electron chi connectivity index (χ2n) is 5.50. The molecule has 1 saturated heterocycles. The summed E-state index contributed by atoms with van der Waals surface area (Å²) in [6.45, 7) is 1.49. The summed E-state index contributed by atoms with van der Waals surface area (Å²) in [5, 5.41) is 0. The summed E-state index contributed by atoms with van der Waals surface area (Å²) in [5.74, 6) is 0.110. The summed E-state index contributed by atoms with van der Waals surface area (Å²) < 4.78 is 13.6. The number of amides is 1. The first kappa shape index (κ1) is 13.8. The Balaban J connectivity index is 1.64. The van der Waals surface area contributed by atoms with E-state index in [1.54, 1.807) is 18.2 Å². The van der Waals surface area contributed by atoms with Crippen LogP contribution in [0.1, 0.15) is 23.5 Å². The van der Waals surface area contributed by atoms with Crippen molar-refractivity contribution in [2.75, 3.05) is 13.1 Å². The van der Waals surface area contributed by atoms with E-state index in [9.17, 15) is 9.18 Å². The Bertz CT molecular complexity index is 626. The number of rotatable bonds is 3. The summed E-state index contributed by atoms with van der Waals surface area (Å²) in [5.41, 5.74) is 1.75. The van der Waals surface area contributed by atoms with Crippen molar-refractivity contribution >= 4 is 5.91 Å². The van der Waals surface area contributed by atoms with Gasteiger partial charge in [-0.25, -0.2) is 4.39 Å². The SMILES string of the molecule is O=C(Cc1ccccc1F)N1CC[C@@H](c2ccccc2)C1. The van der Waals surface area contributed by atoms with Crippen LogP contribution in [0, 0.1) is 5.82 Å². The first-order valence-corrected chi connectivity index (χ1v) is 7.30. The maximum absolute atomic E-state index is 13.6. The fraction of sp³-hybridized carbons (Fsp3) is 0.278. The molecule has 0 saturated carbocycles. The van der Waals surface area contributed by atoms with Gasteiger partial charge in [0.1, 0.15) is 5.82 Å². The van der Waals surface area contributed by atoms with E-state index in [0.717, 1.165) is 19.5 Å². The standard InChI is InChI=1S/C18H18FNO/c19-17-9-5-4-8-15(17)12-18(21)20-11-10-16(13-20)14-6-2-1-3-7-14/h1-9,16H,10-13H2/t16-/m1/s1. The molecule has 1 fully saturated rings. The van der Waals surface area contributed by atoms with Gasteiger partial charge in [-0.05, 0) is 23.6 Å². The van der Waals surface area contributed by atoms with Crippen LogP contribution in [0.3, 0.4) is 0 Å². The zero-order valence-corrected chi connectivity index (χ0v) is 11.8. The van der Waals surface area contributed by atoms with E-state index in [1.807, 2.05) is 23.1 Å². The van der Waals surface area contributed by atoms with Crippen LogP contribution in [0.2, 0.25) is 0 Å². The summed E-state index contributed by atoms with van der Waals surface area (Å²) in [6.07, 6.45) is 1.13. The van der Waals surface area contributed by atoms with Gasteiger partial charge < -0.3 is 4.90 Å². The van der Waals surface area contributed by atoms with Gasteiger partial charge in [-0.2, -0.15) is 0 Å². The van der Waals surface area contributed by atoms with Crippen LogP contribution in [0.4, 0.5) is 4.39 Å². The van der Waals surface area contributed by atoms with Crippen molar-refractivity contribution in [3.63, 3.8) is 0 Å². The predicted octanol–water partition coefficient (Wildman–Crippen LogP) is 3.38. The molecule has 0 aromatic heterocycles. The van der Waals surface area contributed by atoms with Crippen LogP contribution >= 0.6 is 0 Å². The Morgan fingerprint density at radius 2 is 1.81 bits per heavy atom. The summed E-state index contributed by atoms with van der Waals surface area (Å²) in [7, 11) is 0. The number of halogens is 1. The lowest BCUT2D eigenvalue weighted by Gasteiger charge is -2.17. The van der Waals surface area contributed by atoms with Crippen LogP contribution in [0.15, 0.2) is 54.6 Å². The zero-order chi connectivity index (χ0) is 14.7. The monoisotopic (exact) mass is 283 g/mol.